The van der Waals surface area contributed by atoms with E-state index in [1.165, 1.54) is 11.8 Å². The van der Waals surface area contributed by atoms with Gasteiger partial charge in [0.2, 0.25) is 11.8 Å². The fourth-order valence-corrected chi connectivity index (χ4v) is 3.69. The Labute approximate surface area is 135 Å². The van der Waals surface area contributed by atoms with E-state index in [1.54, 1.807) is 0 Å². The maximum atomic E-state index is 12.2. The summed E-state index contributed by atoms with van der Waals surface area (Å²) >= 11 is 1.52. The second-order valence-corrected chi connectivity index (χ2v) is 6.80. The van der Waals surface area contributed by atoms with E-state index in [1.807, 2.05) is 24.3 Å². The Bertz CT molecular complexity index is 536. The molecule has 1 saturated carbocycles. The molecule has 0 aliphatic heterocycles. The molecule has 1 aliphatic carbocycles. The fraction of sp³-hybridized carbons (Fsp3) is 0.500. The molecular weight excluding hydrogens is 298 g/mol. The first-order valence-corrected chi connectivity index (χ1v) is 8.60. The summed E-state index contributed by atoms with van der Waals surface area (Å²) in [6.07, 6.45) is 3.95. The van der Waals surface area contributed by atoms with Crippen molar-refractivity contribution < 1.29 is 9.59 Å². The van der Waals surface area contributed by atoms with Crippen molar-refractivity contribution in [2.24, 2.45) is 17.4 Å². The Morgan fingerprint density at radius 1 is 1.27 bits per heavy atom. The molecule has 5 nitrogen and oxygen atoms in total. The van der Waals surface area contributed by atoms with Crippen LogP contribution in [0.15, 0.2) is 29.2 Å². The van der Waals surface area contributed by atoms with Crippen LogP contribution in [0.1, 0.15) is 32.1 Å². The lowest BCUT2D eigenvalue weighted by atomic mass is 10.00. The SMILES string of the molecule is NC(=O)CCSc1ccccc1NC(=O)C[C@@H]1CCC[C@H]1N. The molecule has 0 radical (unpaired) electrons. The lowest BCUT2D eigenvalue weighted by Gasteiger charge is -2.16. The van der Waals surface area contributed by atoms with E-state index in [2.05, 4.69) is 5.32 Å². The highest BCUT2D eigenvalue weighted by Crippen LogP contribution is 2.30. The van der Waals surface area contributed by atoms with Crippen LogP contribution in [0.25, 0.3) is 0 Å². The van der Waals surface area contributed by atoms with Crippen LogP contribution in [-0.2, 0) is 9.59 Å². The zero-order valence-corrected chi connectivity index (χ0v) is 13.4. The summed E-state index contributed by atoms with van der Waals surface area (Å²) in [5.41, 5.74) is 11.9. The number of amides is 2. The quantitative estimate of drug-likeness (QED) is 0.670. The topological polar surface area (TPSA) is 98.2 Å². The minimum Gasteiger partial charge on any atom is -0.370 e. The van der Waals surface area contributed by atoms with Crippen molar-refractivity contribution in [3.63, 3.8) is 0 Å². The molecule has 2 atom stereocenters. The van der Waals surface area contributed by atoms with Crippen molar-refractivity contribution in [1.29, 1.82) is 0 Å². The van der Waals surface area contributed by atoms with Gasteiger partial charge in [-0.15, -0.1) is 11.8 Å². The van der Waals surface area contributed by atoms with Gasteiger partial charge in [0.1, 0.15) is 0 Å². The van der Waals surface area contributed by atoms with E-state index in [0.717, 1.165) is 29.8 Å². The van der Waals surface area contributed by atoms with Crippen molar-refractivity contribution >= 4 is 29.3 Å². The molecule has 6 heteroatoms. The third kappa shape index (κ3) is 5.03. The highest BCUT2D eigenvalue weighted by atomic mass is 32.2. The monoisotopic (exact) mass is 321 g/mol. The van der Waals surface area contributed by atoms with Gasteiger partial charge in [0.25, 0.3) is 0 Å². The number of para-hydroxylation sites is 1. The van der Waals surface area contributed by atoms with Gasteiger partial charge < -0.3 is 16.8 Å². The Balaban J connectivity index is 1.90. The molecular formula is C16H23N3O2S. The minimum absolute atomic E-state index is 0.00491. The third-order valence-electron chi connectivity index (χ3n) is 3.93. The standard InChI is InChI=1S/C16H23N3O2S/c17-12-5-3-4-11(12)10-16(21)19-13-6-1-2-7-14(13)22-9-8-15(18)20/h1-2,6-7,11-12H,3-5,8-10,17H2,(H2,18,20)(H,19,21)/t11-,12+/m0/s1. The van der Waals surface area contributed by atoms with Gasteiger partial charge in [0.15, 0.2) is 0 Å². The summed E-state index contributed by atoms with van der Waals surface area (Å²) < 4.78 is 0. The second kappa shape index (κ2) is 8.19. The molecule has 0 saturated heterocycles. The van der Waals surface area contributed by atoms with E-state index >= 15 is 0 Å². The first-order chi connectivity index (χ1) is 10.6. The second-order valence-electron chi connectivity index (χ2n) is 5.67. The zero-order chi connectivity index (χ0) is 15.9. The molecule has 0 unspecified atom stereocenters. The average molecular weight is 321 g/mol. The summed E-state index contributed by atoms with van der Waals surface area (Å²) in [6.45, 7) is 0. The van der Waals surface area contributed by atoms with Gasteiger partial charge in [-0.05, 0) is 30.9 Å². The molecule has 120 valence electrons. The third-order valence-corrected chi connectivity index (χ3v) is 5.01. The van der Waals surface area contributed by atoms with Crippen LogP contribution in [0.3, 0.4) is 0 Å². The van der Waals surface area contributed by atoms with Crippen LogP contribution in [0.2, 0.25) is 0 Å². The first-order valence-electron chi connectivity index (χ1n) is 7.62. The number of thioether (sulfide) groups is 1. The molecule has 5 N–H and O–H groups in total. The summed E-state index contributed by atoms with van der Waals surface area (Å²) in [4.78, 5) is 24.0. The van der Waals surface area contributed by atoms with Gasteiger partial charge >= 0.3 is 0 Å². The molecule has 2 rings (SSSR count). The number of nitrogens with two attached hydrogens (primary N) is 2. The fourth-order valence-electron chi connectivity index (χ4n) is 2.72. The summed E-state index contributed by atoms with van der Waals surface area (Å²) in [6, 6.07) is 7.75. The molecule has 22 heavy (non-hydrogen) atoms. The summed E-state index contributed by atoms with van der Waals surface area (Å²) in [5, 5.41) is 2.96. The number of carbonyl (C=O) groups is 2. The molecule has 1 fully saturated rings. The van der Waals surface area contributed by atoms with E-state index < -0.39 is 0 Å². The predicted molar refractivity (Wildman–Crippen MR) is 89.5 cm³/mol. The van der Waals surface area contributed by atoms with Crippen molar-refractivity contribution in [2.75, 3.05) is 11.1 Å². The largest absolute Gasteiger partial charge is 0.370 e. The Kier molecular flexibility index (Phi) is 6.27. The number of hydrogen-bond donors (Lipinski definition) is 3. The molecule has 1 aromatic rings. The molecule has 0 aromatic heterocycles. The summed E-state index contributed by atoms with van der Waals surface area (Å²) in [7, 11) is 0. The van der Waals surface area contributed by atoms with Crippen LogP contribution in [0.4, 0.5) is 5.69 Å². The number of nitrogens with one attached hydrogen (secondary N) is 1. The number of rotatable bonds is 7. The summed E-state index contributed by atoms with van der Waals surface area (Å²) in [5.74, 6) is 0.583. The Hall–Kier alpha value is -1.53. The average Bonchev–Trinajstić information content (AvgIpc) is 2.85. The van der Waals surface area contributed by atoms with E-state index in [0.29, 0.717) is 18.6 Å². The van der Waals surface area contributed by atoms with Crippen LogP contribution < -0.4 is 16.8 Å². The lowest BCUT2D eigenvalue weighted by Crippen LogP contribution is -2.28. The van der Waals surface area contributed by atoms with Gasteiger partial charge in [-0.1, -0.05) is 18.6 Å². The maximum Gasteiger partial charge on any atom is 0.224 e. The molecule has 0 bridgehead atoms. The lowest BCUT2D eigenvalue weighted by molar-refractivity contribution is -0.118. The number of hydrogen-bond acceptors (Lipinski definition) is 4. The highest BCUT2D eigenvalue weighted by molar-refractivity contribution is 7.99. The number of anilines is 1. The Morgan fingerprint density at radius 3 is 2.73 bits per heavy atom. The van der Waals surface area contributed by atoms with Gasteiger partial charge in [-0.2, -0.15) is 0 Å². The maximum absolute atomic E-state index is 12.2. The molecule has 0 spiro atoms. The molecule has 1 aromatic carbocycles. The van der Waals surface area contributed by atoms with Crippen molar-refractivity contribution in [3.8, 4) is 0 Å². The van der Waals surface area contributed by atoms with Crippen molar-refractivity contribution in [2.45, 2.75) is 43.0 Å². The van der Waals surface area contributed by atoms with Gasteiger partial charge in [0, 0.05) is 29.5 Å². The zero-order valence-electron chi connectivity index (χ0n) is 12.6. The van der Waals surface area contributed by atoms with Crippen LogP contribution in [0.5, 0.6) is 0 Å². The van der Waals surface area contributed by atoms with Gasteiger partial charge in [0.05, 0.1) is 5.69 Å². The number of primary amides is 1. The van der Waals surface area contributed by atoms with Crippen LogP contribution in [0, 0.1) is 5.92 Å². The predicted octanol–water partition coefficient (Wildman–Crippen LogP) is 2.11. The smallest absolute Gasteiger partial charge is 0.224 e. The Morgan fingerprint density at radius 2 is 2.05 bits per heavy atom. The van der Waals surface area contributed by atoms with Crippen LogP contribution >= 0.6 is 11.8 Å². The van der Waals surface area contributed by atoms with Crippen molar-refractivity contribution in [1.82, 2.24) is 0 Å². The van der Waals surface area contributed by atoms with E-state index in [4.69, 9.17) is 11.5 Å². The van der Waals surface area contributed by atoms with Crippen molar-refractivity contribution in [3.05, 3.63) is 24.3 Å². The van der Waals surface area contributed by atoms with Gasteiger partial charge in [-0.3, -0.25) is 9.59 Å². The van der Waals surface area contributed by atoms with E-state index in [9.17, 15) is 9.59 Å². The van der Waals surface area contributed by atoms with E-state index in [-0.39, 0.29) is 23.8 Å². The number of benzene rings is 1. The number of carbonyl (C=O) groups excluding carboxylic acids is 2. The molecule has 1 aliphatic rings. The molecule has 2 amide bonds. The van der Waals surface area contributed by atoms with Crippen LogP contribution in [-0.4, -0.2) is 23.6 Å². The highest BCUT2D eigenvalue weighted by Gasteiger charge is 2.26. The minimum atomic E-state index is -0.316. The molecule has 0 heterocycles. The van der Waals surface area contributed by atoms with Gasteiger partial charge in [-0.25, -0.2) is 0 Å². The normalized spacial score (nSPS) is 20.8. The first kappa shape index (κ1) is 16.8.